The summed E-state index contributed by atoms with van der Waals surface area (Å²) in [4.78, 5) is 17.2. The van der Waals surface area contributed by atoms with E-state index in [1.807, 2.05) is 0 Å². The number of thiophene rings is 1. The summed E-state index contributed by atoms with van der Waals surface area (Å²) in [5.41, 5.74) is 1.33. The van der Waals surface area contributed by atoms with Crippen LogP contribution in [-0.2, 0) is 22.7 Å². The van der Waals surface area contributed by atoms with Crippen LogP contribution in [0.25, 0.3) is 0 Å². The minimum atomic E-state index is -3.07. The van der Waals surface area contributed by atoms with E-state index >= 15 is 0 Å². The molecule has 1 amide bonds. The van der Waals surface area contributed by atoms with Crippen molar-refractivity contribution in [3.05, 3.63) is 21.4 Å². The third-order valence-electron chi connectivity index (χ3n) is 5.97. The Kier molecular flexibility index (Phi) is 5.39. The summed E-state index contributed by atoms with van der Waals surface area (Å²) >= 11 is 1.61. The normalized spacial score (nSPS) is 29.1. The number of sulfone groups is 1. The van der Waals surface area contributed by atoms with Gasteiger partial charge in [-0.3, -0.25) is 9.69 Å². The molecule has 7 heteroatoms. The third kappa shape index (κ3) is 3.99. The molecule has 0 aromatic carbocycles. The van der Waals surface area contributed by atoms with Crippen molar-refractivity contribution in [1.29, 1.82) is 0 Å². The zero-order valence-corrected chi connectivity index (χ0v) is 16.8. The molecule has 5 nitrogen and oxygen atoms in total. The minimum Gasteiger partial charge on any atom is -0.346 e. The molecule has 1 aromatic rings. The summed E-state index contributed by atoms with van der Waals surface area (Å²) in [6, 6.07) is 1.71. The van der Waals surface area contributed by atoms with E-state index in [2.05, 4.69) is 16.3 Å². The summed E-state index contributed by atoms with van der Waals surface area (Å²) in [6.07, 6.45) is 9.32. The van der Waals surface area contributed by atoms with Gasteiger partial charge in [-0.25, -0.2) is 8.42 Å². The number of aryl methyl sites for hydroxylation is 2. The fraction of sp³-hybridized carbons (Fsp3) is 0.737. The van der Waals surface area contributed by atoms with Crippen LogP contribution in [0.4, 0.5) is 0 Å². The maximum absolute atomic E-state index is 12.8. The summed E-state index contributed by atoms with van der Waals surface area (Å²) < 4.78 is 24.4. The Hall–Kier alpha value is -0.920. The smallest absolute Gasteiger partial charge is 0.261 e. The van der Waals surface area contributed by atoms with Crippen LogP contribution in [0, 0.1) is 0 Å². The van der Waals surface area contributed by atoms with Gasteiger partial charge in [0.05, 0.1) is 22.4 Å². The predicted molar refractivity (Wildman–Crippen MR) is 105 cm³/mol. The first kappa shape index (κ1) is 18.4. The van der Waals surface area contributed by atoms with Crippen LogP contribution in [0.1, 0.15) is 58.6 Å². The van der Waals surface area contributed by atoms with E-state index in [9.17, 15) is 13.2 Å². The highest BCUT2D eigenvalue weighted by molar-refractivity contribution is 7.91. The van der Waals surface area contributed by atoms with Crippen molar-refractivity contribution >= 4 is 27.1 Å². The molecule has 1 aliphatic carbocycles. The topological polar surface area (TPSA) is 66.5 Å². The number of carbonyl (C=O) groups excluding carboxylic acids is 1. The quantitative estimate of drug-likeness (QED) is 0.852. The molecule has 0 bridgehead atoms. The van der Waals surface area contributed by atoms with E-state index in [1.54, 1.807) is 11.3 Å². The zero-order valence-electron chi connectivity index (χ0n) is 15.2. The maximum atomic E-state index is 12.8. The average Bonchev–Trinajstić information content (AvgIpc) is 3.27. The Morgan fingerprint density at radius 1 is 1.04 bits per heavy atom. The fourth-order valence-electron chi connectivity index (χ4n) is 4.60. The monoisotopic (exact) mass is 396 g/mol. The molecular weight excluding hydrogens is 368 g/mol. The van der Waals surface area contributed by atoms with Gasteiger partial charge in [-0.1, -0.05) is 12.8 Å². The molecule has 2 unspecified atom stereocenters. The number of carbonyl (C=O) groups is 1. The number of nitrogens with one attached hydrogen (secondary N) is 1. The Morgan fingerprint density at radius 2 is 1.77 bits per heavy atom. The second-order valence-corrected chi connectivity index (χ2v) is 11.2. The van der Waals surface area contributed by atoms with Gasteiger partial charge >= 0.3 is 0 Å². The maximum Gasteiger partial charge on any atom is 0.261 e. The van der Waals surface area contributed by atoms with Gasteiger partial charge in [0.25, 0.3) is 5.91 Å². The number of hydrogen-bond donors (Lipinski definition) is 1. The van der Waals surface area contributed by atoms with Gasteiger partial charge in [-0.2, -0.15) is 0 Å². The van der Waals surface area contributed by atoms with E-state index in [0.29, 0.717) is 0 Å². The summed E-state index contributed by atoms with van der Waals surface area (Å²) in [6.45, 7) is 1.89. The summed E-state index contributed by atoms with van der Waals surface area (Å²) in [7, 11) is -3.07. The lowest BCUT2D eigenvalue weighted by atomic mass is 10.00. The number of nitrogens with zero attached hydrogens (tertiary/aromatic N) is 1. The summed E-state index contributed by atoms with van der Waals surface area (Å²) in [5.74, 6) is 0.164. The van der Waals surface area contributed by atoms with Crippen LogP contribution in [0.3, 0.4) is 0 Å². The average molecular weight is 397 g/mol. The van der Waals surface area contributed by atoms with Crippen molar-refractivity contribution in [2.45, 2.75) is 63.5 Å². The Morgan fingerprint density at radius 3 is 2.54 bits per heavy atom. The van der Waals surface area contributed by atoms with Crippen molar-refractivity contribution in [2.75, 3.05) is 24.6 Å². The first-order chi connectivity index (χ1) is 12.5. The highest BCUT2D eigenvalue weighted by Gasteiger charge is 2.42. The molecule has 0 radical (unpaired) electrons. The molecule has 1 N–H and O–H groups in total. The van der Waals surface area contributed by atoms with E-state index in [4.69, 9.17) is 0 Å². The van der Waals surface area contributed by atoms with Crippen LogP contribution in [0.2, 0.25) is 0 Å². The van der Waals surface area contributed by atoms with Gasteiger partial charge in [0.2, 0.25) is 0 Å². The molecule has 2 atom stereocenters. The lowest BCUT2D eigenvalue weighted by Crippen LogP contribution is -2.50. The molecular formula is C19H28N2O3S2. The largest absolute Gasteiger partial charge is 0.346 e. The number of rotatable bonds is 3. The zero-order chi connectivity index (χ0) is 18.1. The van der Waals surface area contributed by atoms with Gasteiger partial charge in [0, 0.05) is 10.9 Å². The molecule has 3 heterocycles. The highest BCUT2D eigenvalue weighted by atomic mass is 32.2. The van der Waals surface area contributed by atoms with Gasteiger partial charge in [0.1, 0.15) is 0 Å². The van der Waals surface area contributed by atoms with Crippen LogP contribution in [0.15, 0.2) is 6.07 Å². The van der Waals surface area contributed by atoms with Crippen LogP contribution in [-0.4, -0.2) is 55.9 Å². The molecule has 2 saturated heterocycles. The third-order valence-corrected chi connectivity index (χ3v) is 8.92. The highest BCUT2D eigenvalue weighted by Crippen LogP contribution is 2.29. The molecule has 4 rings (SSSR count). The fourth-order valence-corrected chi connectivity index (χ4v) is 7.70. The van der Waals surface area contributed by atoms with Crippen LogP contribution < -0.4 is 5.32 Å². The van der Waals surface area contributed by atoms with Gasteiger partial charge < -0.3 is 5.32 Å². The second kappa shape index (κ2) is 7.60. The number of fused-ring (bicyclic) bond motifs is 1. The minimum absolute atomic E-state index is 0.0626. The lowest BCUT2D eigenvalue weighted by Gasteiger charge is -2.28. The van der Waals surface area contributed by atoms with Crippen molar-refractivity contribution < 1.29 is 13.2 Å². The number of amides is 1. The number of hydrogen-bond acceptors (Lipinski definition) is 5. The van der Waals surface area contributed by atoms with Gasteiger partial charge in [-0.15, -0.1) is 11.3 Å². The van der Waals surface area contributed by atoms with Crippen LogP contribution in [0.5, 0.6) is 0 Å². The first-order valence-corrected chi connectivity index (χ1v) is 12.5. The number of likely N-dealkylation sites (tertiary alicyclic amines) is 1. The van der Waals surface area contributed by atoms with E-state index < -0.39 is 9.84 Å². The molecule has 26 heavy (non-hydrogen) atoms. The molecule has 2 aliphatic heterocycles. The predicted octanol–water partition coefficient (Wildman–Crippen LogP) is 2.40. The molecule has 2 fully saturated rings. The van der Waals surface area contributed by atoms with Gasteiger partial charge in [-0.05, 0) is 63.2 Å². The standard InChI is InChI=1S/C19H28N2O3S2/c22-19(18-11-14-7-3-1-2-4-8-17(14)25-18)20-15-12-26(23,24)13-16(15)21-9-5-6-10-21/h11,15-16H,1-10,12-13H2,(H,20,22). The first-order valence-electron chi connectivity index (χ1n) is 9.89. The van der Waals surface area contributed by atoms with E-state index in [0.717, 1.165) is 43.6 Å². The Labute approximate surface area is 160 Å². The Balaban J connectivity index is 1.48. The van der Waals surface area contributed by atoms with Crippen molar-refractivity contribution in [3.63, 3.8) is 0 Å². The molecule has 144 valence electrons. The second-order valence-electron chi connectivity index (χ2n) is 7.94. The Bertz CT molecular complexity index is 740. The van der Waals surface area contributed by atoms with Crippen LogP contribution >= 0.6 is 11.3 Å². The van der Waals surface area contributed by atoms with Crippen molar-refractivity contribution in [3.8, 4) is 0 Å². The SMILES string of the molecule is O=C(NC1CS(=O)(=O)CC1N1CCCC1)c1cc2c(s1)CCCCCC2. The summed E-state index contributed by atoms with van der Waals surface area (Å²) in [5, 5.41) is 3.07. The molecule has 1 aromatic heterocycles. The molecule has 0 spiro atoms. The van der Waals surface area contributed by atoms with Crippen molar-refractivity contribution in [2.24, 2.45) is 0 Å². The lowest BCUT2D eigenvalue weighted by molar-refractivity contribution is 0.0923. The molecule has 0 saturated carbocycles. The van der Waals surface area contributed by atoms with E-state index in [1.165, 1.54) is 36.1 Å². The molecule has 3 aliphatic rings. The van der Waals surface area contributed by atoms with Gasteiger partial charge in [0.15, 0.2) is 9.84 Å². The van der Waals surface area contributed by atoms with Crippen molar-refractivity contribution in [1.82, 2.24) is 10.2 Å². The van der Waals surface area contributed by atoms with E-state index in [-0.39, 0.29) is 29.5 Å².